The van der Waals surface area contributed by atoms with Crippen molar-refractivity contribution in [2.75, 3.05) is 7.11 Å². The van der Waals surface area contributed by atoms with E-state index < -0.39 is 23.6 Å². The minimum Gasteiger partial charge on any atom is -0.481 e. The molecule has 0 atom stereocenters. The number of hydrogen-bond acceptors (Lipinski definition) is 5. The summed E-state index contributed by atoms with van der Waals surface area (Å²) in [6.07, 6.45) is -0.770. The molecule has 11 heteroatoms. The zero-order chi connectivity index (χ0) is 21.9. The molecule has 0 unspecified atom stereocenters. The van der Waals surface area contributed by atoms with Gasteiger partial charge in [-0.2, -0.15) is 18.3 Å². The molecule has 0 saturated heterocycles. The third-order valence-electron chi connectivity index (χ3n) is 4.32. The van der Waals surface area contributed by atoms with Gasteiger partial charge in [0, 0.05) is 35.6 Å². The molecule has 3 aromatic rings. The maximum Gasteiger partial charge on any atom is 0.433 e. The molecule has 2 N–H and O–H groups in total. The quantitative estimate of drug-likeness (QED) is 0.653. The number of carbonyl (C=O) groups is 1. The van der Waals surface area contributed by atoms with Gasteiger partial charge in [-0.25, -0.2) is 14.4 Å². The van der Waals surface area contributed by atoms with Crippen molar-refractivity contribution >= 4 is 5.91 Å². The Hall–Kier alpha value is -3.50. The molecule has 4 heterocycles. The largest absolute Gasteiger partial charge is 0.481 e. The van der Waals surface area contributed by atoms with Crippen LogP contribution in [0.4, 0.5) is 17.6 Å². The molecule has 1 amide bonds. The fourth-order valence-corrected chi connectivity index (χ4v) is 2.86. The number of pyridine rings is 2. The minimum absolute atomic E-state index is 0.163. The average Bonchev–Trinajstić information content (AvgIpc) is 3.30. The molecule has 0 fully saturated rings. The normalized spacial score (nSPS) is 12.7. The first-order valence-corrected chi connectivity index (χ1v) is 8.78. The van der Waals surface area contributed by atoms with Gasteiger partial charge in [0.1, 0.15) is 5.69 Å². The summed E-state index contributed by atoms with van der Waals surface area (Å²) in [5, 5.41) is 4.13. The summed E-state index contributed by atoms with van der Waals surface area (Å²) in [4.78, 5) is 17.5. The van der Waals surface area contributed by atoms with E-state index in [0.717, 1.165) is 18.5 Å². The van der Waals surface area contributed by atoms with Crippen LogP contribution in [0.15, 0.2) is 36.7 Å². The summed E-state index contributed by atoms with van der Waals surface area (Å²) in [5.74, 6) is -0.892. The van der Waals surface area contributed by atoms with Crippen LogP contribution in [0.25, 0.3) is 11.3 Å². The van der Waals surface area contributed by atoms with Gasteiger partial charge in [0.2, 0.25) is 11.8 Å². The molecule has 0 radical (unpaired) electrons. The lowest BCUT2D eigenvalue weighted by Gasteiger charge is -2.07. The lowest BCUT2D eigenvalue weighted by Crippen LogP contribution is -2.10. The summed E-state index contributed by atoms with van der Waals surface area (Å²) >= 11 is 0. The van der Waals surface area contributed by atoms with E-state index in [-0.39, 0.29) is 11.3 Å². The number of rotatable bonds is 3. The number of amides is 1. The number of primary amides is 1. The highest BCUT2D eigenvalue weighted by Gasteiger charge is 2.33. The molecule has 158 valence electrons. The van der Waals surface area contributed by atoms with E-state index >= 15 is 0 Å². The fraction of sp³-hybridized carbons (Fsp3) is 0.263. The van der Waals surface area contributed by atoms with Crippen LogP contribution in [0.3, 0.4) is 0 Å². The Bertz CT molecular complexity index is 1040. The molecule has 0 saturated carbocycles. The van der Waals surface area contributed by atoms with Crippen molar-refractivity contribution < 1.29 is 27.1 Å². The van der Waals surface area contributed by atoms with Gasteiger partial charge in [0.15, 0.2) is 5.82 Å². The van der Waals surface area contributed by atoms with Crippen LogP contribution in [0.1, 0.15) is 28.2 Å². The monoisotopic (exact) mass is 423 g/mol. The van der Waals surface area contributed by atoms with E-state index in [4.69, 9.17) is 10.5 Å². The van der Waals surface area contributed by atoms with Crippen LogP contribution in [0, 0.1) is 5.82 Å². The first-order valence-electron chi connectivity index (χ1n) is 8.78. The number of halogens is 4. The van der Waals surface area contributed by atoms with E-state index in [0.29, 0.717) is 30.3 Å². The molecule has 1 aliphatic rings. The number of aryl methyl sites for hydroxylation is 2. The van der Waals surface area contributed by atoms with Crippen LogP contribution in [-0.4, -0.2) is 32.8 Å². The van der Waals surface area contributed by atoms with E-state index in [1.807, 2.05) is 0 Å². The van der Waals surface area contributed by atoms with Crippen LogP contribution < -0.4 is 10.5 Å². The van der Waals surface area contributed by atoms with E-state index in [2.05, 4.69) is 15.1 Å². The SMILES string of the molecule is COc1cc(C(N)=O)ccn1.Fc1cnc(C(F)(F)F)cc1-c1cc2n(n1)CCC2. The van der Waals surface area contributed by atoms with Gasteiger partial charge in [0.05, 0.1) is 19.0 Å². The number of alkyl halides is 3. The van der Waals surface area contributed by atoms with E-state index in [9.17, 15) is 22.4 Å². The third-order valence-corrected chi connectivity index (χ3v) is 4.32. The molecule has 30 heavy (non-hydrogen) atoms. The predicted molar refractivity (Wildman–Crippen MR) is 98.0 cm³/mol. The number of methoxy groups -OCH3 is 1. The maximum atomic E-state index is 13.6. The molecule has 3 aromatic heterocycles. The Balaban J connectivity index is 0.000000199. The van der Waals surface area contributed by atoms with Crippen molar-refractivity contribution in [3.05, 3.63) is 59.4 Å². The van der Waals surface area contributed by atoms with Gasteiger partial charge in [-0.05, 0) is 31.0 Å². The van der Waals surface area contributed by atoms with Crippen molar-refractivity contribution in [2.45, 2.75) is 25.6 Å². The van der Waals surface area contributed by atoms with Crippen molar-refractivity contribution in [2.24, 2.45) is 5.73 Å². The summed E-state index contributed by atoms with van der Waals surface area (Å²) in [7, 11) is 1.48. The molecule has 1 aliphatic heterocycles. The lowest BCUT2D eigenvalue weighted by molar-refractivity contribution is -0.141. The molecule has 0 spiro atoms. The molecule has 0 aliphatic carbocycles. The smallest absolute Gasteiger partial charge is 0.433 e. The van der Waals surface area contributed by atoms with Crippen molar-refractivity contribution in [1.29, 1.82) is 0 Å². The highest BCUT2D eigenvalue weighted by molar-refractivity contribution is 5.92. The zero-order valence-corrected chi connectivity index (χ0v) is 15.8. The second-order valence-corrected chi connectivity index (χ2v) is 6.35. The number of nitrogens with zero attached hydrogens (tertiary/aromatic N) is 4. The molecular weight excluding hydrogens is 406 g/mol. The number of nitrogens with two attached hydrogens (primary N) is 1. The second kappa shape index (κ2) is 8.47. The molecule has 0 bridgehead atoms. The van der Waals surface area contributed by atoms with Gasteiger partial charge in [-0.15, -0.1) is 0 Å². The molecule has 0 aromatic carbocycles. The topological polar surface area (TPSA) is 95.9 Å². The third kappa shape index (κ3) is 4.73. The van der Waals surface area contributed by atoms with Gasteiger partial charge in [-0.1, -0.05) is 0 Å². The van der Waals surface area contributed by atoms with E-state index in [1.165, 1.54) is 25.4 Å². The first-order chi connectivity index (χ1) is 14.2. The first kappa shape index (κ1) is 21.2. The number of aromatic nitrogens is 4. The number of ether oxygens (including phenoxy) is 1. The summed E-state index contributed by atoms with van der Waals surface area (Å²) in [5.41, 5.74) is 5.28. The average molecular weight is 423 g/mol. The second-order valence-electron chi connectivity index (χ2n) is 6.35. The molecule has 7 nitrogen and oxygen atoms in total. The van der Waals surface area contributed by atoms with Gasteiger partial charge >= 0.3 is 6.18 Å². The molecular formula is C19H17F4N5O2. The van der Waals surface area contributed by atoms with E-state index in [1.54, 1.807) is 10.7 Å². The Morgan fingerprint density at radius 3 is 2.63 bits per heavy atom. The molecule has 4 rings (SSSR count). The predicted octanol–water partition coefficient (Wildman–Crippen LogP) is 3.24. The van der Waals surface area contributed by atoms with Gasteiger partial charge < -0.3 is 10.5 Å². The van der Waals surface area contributed by atoms with Crippen LogP contribution in [-0.2, 0) is 19.1 Å². The summed E-state index contributed by atoms with van der Waals surface area (Å²) in [6.45, 7) is 0.716. The lowest BCUT2D eigenvalue weighted by atomic mass is 10.1. The van der Waals surface area contributed by atoms with Crippen molar-refractivity contribution in [1.82, 2.24) is 19.7 Å². The summed E-state index contributed by atoms with van der Waals surface area (Å²) in [6, 6.07) is 5.35. The Kier molecular flexibility index (Phi) is 5.99. The van der Waals surface area contributed by atoms with Crippen molar-refractivity contribution in [3.63, 3.8) is 0 Å². The summed E-state index contributed by atoms with van der Waals surface area (Å²) < 4.78 is 57.8. The Morgan fingerprint density at radius 1 is 1.23 bits per heavy atom. The standard InChI is InChI=1S/C12H9F4N3.C7H8N2O2/c13-9-6-17-11(12(14,15)16)5-8(9)10-4-7-2-1-3-19(7)18-10;1-11-6-4-5(7(8)10)2-3-9-6/h4-6H,1-3H2;2-4H,1H3,(H2,8,10). The fourth-order valence-electron chi connectivity index (χ4n) is 2.86. The Labute approximate surface area is 168 Å². The number of hydrogen-bond donors (Lipinski definition) is 1. The highest BCUT2D eigenvalue weighted by Crippen LogP contribution is 2.32. The van der Waals surface area contributed by atoms with Crippen LogP contribution in [0.5, 0.6) is 5.88 Å². The maximum absolute atomic E-state index is 13.6. The highest BCUT2D eigenvalue weighted by atomic mass is 19.4. The Morgan fingerprint density at radius 2 is 2.00 bits per heavy atom. The minimum atomic E-state index is -4.59. The number of fused-ring (bicyclic) bond motifs is 1. The van der Waals surface area contributed by atoms with Gasteiger partial charge in [0.25, 0.3) is 0 Å². The van der Waals surface area contributed by atoms with Crippen LogP contribution >= 0.6 is 0 Å². The van der Waals surface area contributed by atoms with Crippen molar-refractivity contribution in [3.8, 4) is 17.1 Å². The van der Waals surface area contributed by atoms with Gasteiger partial charge in [-0.3, -0.25) is 9.48 Å². The zero-order valence-electron chi connectivity index (χ0n) is 15.8. The number of carbonyl (C=O) groups excluding carboxylic acids is 1. The van der Waals surface area contributed by atoms with Crippen LogP contribution in [0.2, 0.25) is 0 Å².